The van der Waals surface area contributed by atoms with Crippen LogP contribution in [-0.2, 0) is 5.60 Å². The fourth-order valence-corrected chi connectivity index (χ4v) is 3.14. The Morgan fingerprint density at radius 3 is 2.44 bits per heavy atom. The van der Waals surface area contributed by atoms with Gasteiger partial charge in [0.05, 0.1) is 5.54 Å². The molecule has 1 aromatic rings. The molecule has 0 radical (unpaired) electrons. The lowest BCUT2D eigenvalue weighted by Gasteiger charge is -2.52. The number of rotatable bonds is 2. The van der Waals surface area contributed by atoms with Crippen LogP contribution >= 0.6 is 0 Å². The molecule has 0 amide bonds. The third kappa shape index (κ3) is 1.91. The van der Waals surface area contributed by atoms with E-state index in [1.807, 2.05) is 20.2 Å². The molecule has 0 spiro atoms. The number of nitrogens with zero attached hydrogens (tertiary/aromatic N) is 1. The first-order chi connectivity index (χ1) is 8.40. The first kappa shape index (κ1) is 13.4. The largest absolute Gasteiger partial charge is 0.508 e. The van der Waals surface area contributed by atoms with Gasteiger partial charge in [0.2, 0.25) is 0 Å². The number of hydrogen-bond acceptors (Lipinski definition) is 3. The predicted molar refractivity (Wildman–Crippen MR) is 72.6 cm³/mol. The maximum Gasteiger partial charge on any atom is 0.115 e. The Labute approximate surface area is 109 Å². The van der Waals surface area contributed by atoms with Gasteiger partial charge in [-0.25, -0.2) is 0 Å². The highest BCUT2D eigenvalue weighted by atomic mass is 16.3. The van der Waals surface area contributed by atoms with Crippen molar-refractivity contribution in [2.45, 2.75) is 43.7 Å². The minimum absolute atomic E-state index is 0.215. The van der Waals surface area contributed by atoms with Gasteiger partial charge in [0.1, 0.15) is 11.4 Å². The number of phenols is 1. The van der Waals surface area contributed by atoms with Gasteiger partial charge < -0.3 is 15.1 Å². The topological polar surface area (TPSA) is 43.7 Å². The maximum absolute atomic E-state index is 11.2. The molecule has 1 aromatic carbocycles. The molecule has 1 aliphatic rings. The van der Waals surface area contributed by atoms with E-state index in [-0.39, 0.29) is 11.3 Å². The van der Waals surface area contributed by atoms with Gasteiger partial charge in [-0.15, -0.1) is 0 Å². The molecule has 1 fully saturated rings. The molecule has 1 saturated carbocycles. The minimum atomic E-state index is -0.895. The normalized spacial score (nSPS) is 32.7. The highest BCUT2D eigenvalue weighted by Crippen LogP contribution is 2.47. The van der Waals surface area contributed by atoms with Gasteiger partial charge in [-0.3, -0.25) is 0 Å². The second kappa shape index (κ2) is 4.56. The molecule has 100 valence electrons. The van der Waals surface area contributed by atoms with Crippen LogP contribution in [0.5, 0.6) is 5.75 Å². The molecule has 0 unspecified atom stereocenters. The molecule has 0 heterocycles. The van der Waals surface area contributed by atoms with Crippen LogP contribution in [0.3, 0.4) is 0 Å². The molecule has 1 aliphatic carbocycles. The van der Waals surface area contributed by atoms with Gasteiger partial charge in [0.25, 0.3) is 0 Å². The summed E-state index contributed by atoms with van der Waals surface area (Å²) in [6.45, 7) is 2.11. The number of likely N-dealkylation sites (N-methyl/N-ethyl adjacent to an activating group) is 1. The second-order valence-corrected chi connectivity index (χ2v) is 5.79. The number of benzene rings is 1. The van der Waals surface area contributed by atoms with Crippen molar-refractivity contribution >= 4 is 0 Å². The lowest BCUT2D eigenvalue weighted by Crippen LogP contribution is -2.59. The molecule has 3 heteroatoms. The third-order valence-corrected chi connectivity index (χ3v) is 4.65. The molecule has 2 N–H and O–H groups in total. The Morgan fingerprint density at radius 2 is 1.83 bits per heavy atom. The van der Waals surface area contributed by atoms with Crippen LogP contribution < -0.4 is 0 Å². The lowest BCUT2D eigenvalue weighted by molar-refractivity contribution is -0.123. The molecule has 3 nitrogen and oxygen atoms in total. The SMILES string of the molecule is CN(C)[C@]1(C)CCCC[C@@]1(O)c1cccc(O)c1. The highest BCUT2D eigenvalue weighted by Gasteiger charge is 2.51. The molecule has 0 aromatic heterocycles. The minimum Gasteiger partial charge on any atom is -0.508 e. The van der Waals surface area contributed by atoms with Crippen LogP contribution in [0.4, 0.5) is 0 Å². The summed E-state index contributed by atoms with van der Waals surface area (Å²) in [5.41, 5.74) is -0.370. The average molecular weight is 249 g/mol. The van der Waals surface area contributed by atoms with E-state index >= 15 is 0 Å². The fourth-order valence-electron chi connectivity index (χ4n) is 3.14. The van der Waals surface area contributed by atoms with Crippen molar-refractivity contribution in [2.24, 2.45) is 0 Å². The maximum atomic E-state index is 11.2. The van der Waals surface area contributed by atoms with Gasteiger partial charge in [-0.2, -0.15) is 0 Å². The fraction of sp³-hybridized carbons (Fsp3) is 0.600. The Morgan fingerprint density at radius 1 is 1.17 bits per heavy atom. The van der Waals surface area contributed by atoms with E-state index in [0.29, 0.717) is 0 Å². The number of aliphatic hydroxyl groups is 1. The van der Waals surface area contributed by atoms with Crippen LogP contribution in [0.25, 0.3) is 0 Å². The predicted octanol–water partition coefficient (Wildman–Crippen LogP) is 2.47. The summed E-state index contributed by atoms with van der Waals surface area (Å²) in [6.07, 6.45) is 3.86. The van der Waals surface area contributed by atoms with Crippen molar-refractivity contribution in [3.8, 4) is 5.75 Å². The Bertz CT molecular complexity index is 432. The van der Waals surface area contributed by atoms with Gasteiger partial charge in [-0.05, 0) is 51.6 Å². The summed E-state index contributed by atoms with van der Waals surface area (Å²) in [5.74, 6) is 0.215. The second-order valence-electron chi connectivity index (χ2n) is 5.79. The van der Waals surface area contributed by atoms with Crippen molar-refractivity contribution in [2.75, 3.05) is 14.1 Å². The molecular formula is C15H23NO2. The summed E-state index contributed by atoms with van der Waals surface area (Å²) in [4.78, 5) is 2.11. The van der Waals surface area contributed by atoms with E-state index < -0.39 is 5.60 Å². The monoisotopic (exact) mass is 249 g/mol. The molecule has 18 heavy (non-hydrogen) atoms. The lowest BCUT2D eigenvalue weighted by atomic mass is 9.66. The smallest absolute Gasteiger partial charge is 0.115 e. The molecule has 0 bridgehead atoms. The van der Waals surface area contributed by atoms with Crippen LogP contribution in [0.1, 0.15) is 38.2 Å². The van der Waals surface area contributed by atoms with Gasteiger partial charge in [-0.1, -0.05) is 25.0 Å². The van der Waals surface area contributed by atoms with Gasteiger partial charge in [0, 0.05) is 0 Å². The molecule has 2 atom stereocenters. The number of aromatic hydroxyl groups is 1. The number of phenolic OH excluding ortho intramolecular Hbond substituents is 1. The summed E-state index contributed by atoms with van der Waals surface area (Å²) in [7, 11) is 4.03. The Balaban J connectivity index is 2.49. The van der Waals surface area contributed by atoms with E-state index in [1.165, 1.54) is 0 Å². The van der Waals surface area contributed by atoms with Gasteiger partial charge >= 0.3 is 0 Å². The summed E-state index contributed by atoms with van der Waals surface area (Å²) >= 11 is 0. The van der Waals surface area contributed by atoms with Crippen molar-refractivity contribution in [3.63, 3.8) is 0 Å². The zero-order chi connectivity index (χ0) is 13.4. The highest BCUT2D eigenvalue weighted by molar-refractivity contribution is 5.34. The zero-order valence-electron chi connectivity index (χ0n) is 11.5. The van der Waals surface area contributed by atoms with E-state index in [4.69, 9.17) is 0 Å². The van der Waals surface area contributed by atoms with Crippen molar-refractivity contribution in [3.05, 3.63) is 29.8 Å². The molecule has 0 aliphatic heterocycles. The van der Waals surface area contributed by atoms with Crippen LogP contribution in [0, 0.1) is 0 Å². The van der Waals surface area contributed by atoms with Crippen LogP contribution in [0.2, 0.25) is 0 Å². The van der Waals surface area contributed by atoms with Crippen molar-refractivity contribution in [1.82, 2.24) is 4.90 Å². The van der Waals surface area contributed by atoms with Crippen LogP contribution in [-0.4, -0.2) is 34.7 Å². The summed E-state index contributed by atoms with van der Waals surface area (Å²) in [6, 6.07) is 7.04. The molecular weight excluding hydrogens is 226 g/mol. The Kier molecular flexibility index (Phi) is 3.39. The average Bonchev–Trinajstić information content (AvgIpc) is 2.33. The first-order valence-electron chi connectivity index (χ1n) is 6.59. The van der Waals surface area contributed by atoms with Crippen LogP contribution in [0.15, 0.2) is 24.3 Å². The van der Waals surface area contributed by atoms with Crippen molar-refractivity contribution in [1.29, 1.82) is 0 Å². The summed E-state index contributed by atoms with van der Waals surface area (Å²) < 4.78 is 0. The third-order valence-electron chi connectivity index (χ3n) is 4.65. The zero-order valence-corrected chi connectivity index (χ0v) is 11.5. The summed E-state index contributed by atoms with van der Waals surface area (Å²) in [5, 5.41) is 20.8. The Hall–Kier alpha value is -1.06. The molecule has 2 rings (SSSR count). The molecule has 0 saturated heterocycles. The quantitative estimate of drug-likeness (QED) is 0.846. The number of hydrogen-bond donors (Lipinski definition) is 2. The first-order valence-corrected chi connectivity index (χ1v) is 6.59. The van der Waals surface area contributed by atoms with Crippen molar-refractivity contribution < 1.29 is 10.2 Å². The van der Waals surface area contributed by atoms with E-state index in [1.54, 1.807) is 18.2 Å². The van der Waals surface area contributed by atoms with E-state index in [9.17, 15) is 10.2 Å². The standard InChI is InChI=1S/C15H23NO2/c1-14(16(2)3)9-4-5-10-15(14,18)12-7-6-8-13(17)11-12/h6-8,11,17-18H,4-5,9-10H2,1-3H3/t14-,15-/m1/s1. The van der Waals surface area contributed by atoms with Gasteiger partial charge in [0.15, 0.2) is 0 Å². The van der Waals surface area contributed by atoms with E-state index in [2.05, 4.69) is 11.8 Å². The van der Waals surface area contributed by atoms with E-state index in [0.717, 1.165) is 31.2 Å².